The van der Waals surface area contributed by atoms with Crippen molar-refractivity contribution in [2.45, 2.75) is 51.0 Å². The maximum absolute atomic E-state index is 11.1. The Bertz CT molecular complexity index is 224. The fraction of sp³-hybridized carbons (Fsp3) is 0.917. The van der Waals surface area contributed by atoms with Crippen LogP contribution >= 0.6 is 0 Å². The number of hydrogen-bond donors (Lipinski definition) is 2. The third-order valence-electron chi connectivity index (χ3n) is 4.10. The average Bonchev–Trinajstić information content (AvgIpc) is 2.30. The summed E-state index contributed by atoms with van der Waals surface area (Å²) < 4.78 is 0. The van der Waals surface area contributed by atoms with Crippen LogP contribution < -0.4 is 11.1 Å². The lowest BCUT2D eigenvalue weighted by molar-refractivity contribution is -0.121. The first-order valence-electron chi connectivity index (χ1n) is 6.30. The fourth-order valence-electron chi connectivity index (χ4n) is 3.20. The average molecular weight is 210 g/mol. The summed E-state index contributed by atoms with van der Waals surface area (Å²) in [5, 5.41) is 3.21. The summed E-state index contributed by atoms with van der Waals surface area (Å²) in [6.45, 7) is 0.967. The summed E-state index contributed by atoms with van der Waals surface area (Å²) in [5.74, 6) is 1.43. The zero-order chi connectivity index (χ0) is 10.7. The van der Waals surface area contributed by atoms with Gasteiger partial charge in [0.05, 0.1) is 6.04 Å². The predicted molar refractivity (Wildman–Crippen MR) is 60.3 cm³/mol. The highest BCUT2D eigenvalue weighted by Gasteiger charge is 2.30. The monoisotopic (exact) mass is 210 g/mol. The van der Waals surface area contributed by atoms with Gasteiger partial charge in [0.2, 0.25) is 5.91 Å². The fourth-order valence-corrected chi connectivity index (χ4v) is 3.20. The molecule has 0 aromatic carbocycles. The standard InChI is InChI=1S/C12H22N2O/c13-12(15)11-8-10(6-7-14-11)9-4-2-1-3-5-9/h9-11,14H,1-8H2,(H2,13,15). The minimum atomic E-state index is -0.171. The van der Waals surface area contributed by atoms with E-state index in [1.165, 1.54) is 38.5 Å². The molecule has 1 heterocycles. The molecule has 1 aliphatic heterocycles. The Labute approximate surface area is 91.8 Å². The van der Waals surface area contributed by atoms with Crippen LogP contribution in [0.3, 0.4) is 0 Å². The molecular weight excluding hydrogens is 188 g/mol. The van der Waals surface area contributed by atoms with Gasteiger partial charge in [-0.2, -0.15) is 0 Å². The van der Waals surface area contributed by atoms with Crippen LogP contribution in [0.4, 0.5) is 0 Å². The molecule has 2 unspecified atom stereocenters. The lowest BCUT2D eigenvalue weighted by atomic mass is 9.74. The number of rotatable bonds is 2. The maximum Gasteiger partial charge on any atom is 0.234 e. The van der Waals surface area contributed by atoms with E-state index < -0.39 is 0 Å². The number of piperidine rings is 1. The van der Waals surface area contributed by atoms with Gasteiger partial charge in [-0.15, -0.1) is 0 Å². The lowest BCUT2D eigenvalue weighted by Gasteiger charge is -2.36. The zero-order valence-electron chi connectivity index (χ0n) is 9.37. The summed E-state index contributed by atoms with van der Waals surface area (Å²) in [6, 6.07) is -0.0642. The van der Waals surface area contributed by atoms with E-state index >= 15 is 0 Å². The molecule has 2 atom stereocenters. The Morgan fingerprint density at radius 2 is 1.80 bits per heavy atom. The van der Waals surface area contributed by atoms with Crippen molar-refractivity contribution in [1.82, 2.24) is 5.32 Å². The Morgan fingerprint density at radius 3 is 2.47 bits per heavy atom. The van der Waals surface area contributed by atoms with Crippen LogP contribution in [0.5, 0.6) is 0 Å². The molecular formula is C12H22N2O. The van der Waals surface area contributed by atoms with E-state index in [4.69, 9.17) is 5.73 Å². The van der Waals surface area contributed by atoms with E-state index in [9.17, 15) is 4.79 Å². The number of amides is 1. The van der Waals surface area contributed by atoms with Crippen LogP contribution in [0.15, 0.2) is 0 Å². The van der Waals surface area contributed by atoms with Gasteiger partial charge in [0.15, 0.2) is 0 Å². The lowest BCUT2D eigenvalue weighted by Crippen LogP contribution is -2.48. The second kappa shape index (κ2) is 4.97. The molecule has 2 aliphatic rings. The largest absolute Gasteiger partial charge is 0.368 e. The van der Waals surface area contributed by atoms with Gasteiger partial charge < -0.3 is 11.1 Å². The molecule has 1 aliphatic carbocycles. The van der Waals surface area contributed by atoms with Gasteiger partial charge in [-0.25, -0.2) is 0 Å². The highest BCUT2D eigenvalue weighted by atomic mass is 16.1. The van der Waals surface area contributed by atoms with Gasteiger partial charge in [0.1, 0.15) is 0 Å². The topological polar surface area (TPSA) is 55.1 Å². The molecule has 1 saturated heterocycles. The summed E-state index contributed by atoms with van der Waals surface area (Å²) in [5.41, 5.74) is 5.36. The van der Waals surface area contributed by atoms with Crippen LogP contribution in [-0.4, -0.2) is 18.5 Å². The molecule has 0 spiro atoms. The summed E-state index contributed by atoms with van der Waals surface area (Å²) in [6.07, 6.45) is 9.12. The van der Waals surface area contributed by atoms with E-state index in [2.05, 4.69) is 5.32 Å². The van der Waals surface area contributed by atoms with Crippen LogP contribution in [0.1, 0.15) is 44.9 Å². The first-order valence-corrected chi connectivity index (χ1v) is 6.30. The molecule has 2 fully saturated rings. The van der Waals surface area contributed by atoms with Gasteiger partial charge >= 0.3 is 0 Å². The molecule has 86 valence electrons. The Kier molecular flexibility index (Phi) is 3.62. The first-order chi connectivity index (χ1) is 7.27. The molecule has 1 amide bonds. The third kappa shape index (κ3) is 2.71. The van der Waals surface area contributed by atoms with Crippen molar-refractivity contribution < 1.29 is 4.79 Å². The Hall–Kier alpha value is -0.570. The smallest absolute Gasteiger partial charge is 0.234 e. The van der Waals surface area contributed by atoms with Crippen LogP contribution in [-0.2, 0) is 4.79 Å². The van der Waals surface area contributed by atoms with Crippen molar-refractivity contribution in [3.8, 4) is 0 Å². The highest BCUT2D eigenvalue weighted by molar-refractivity contribution is 5.79. The molecule has 3 N–H and O–H groups in total. The van der Waals surface area contributed by atoms with E-state index in [1.807, 2.05) is 0 Å². The molecule has 3 nitrogen and oxygen atoms in total. The van der Waals surface area contributed by atoms with Crippen LogP contribution in [0.2, 0.25) is 0 Å². The minimum Gasteiger partial charge on any atom is -0.368 e. The number of nitrogens with two attached hydrogens (primary N) is 1. The van der Waals surface area contributed by atoms with Crippen molar-refractivity contribution in [3.05, 3.63) is 0 Å². The van der Waals surface area contributed by atoms with E-state index in [0.717, 1.165) is 24.8 Å². The van der Waals surface area contributed by atoms with Crippen molar-refractivity contribution >= 4 is 5.91 Å². The van der Waals surface area contributed by atoms with E-state index in [1.54, 1.807) is 0 Å². The molecule has 2 rings (SSSR count). The van der Waals surface area contributed by atoms with Gasteiger partial charge in [-0.3, -0.25) is 4.79 Å². The summed E-state index contributed by atoms with van der Waals surface area (Å²) in [4.78, 5) is 11.1. The maximum atomic E-state index is 11.1. The van der Waals surface area contributed by atoms with E-state index in [0.29, 0.717) is 0 Å². The Balaban J connectivity index is 1.88. The van der Waals surface area contributed by atoms with Crippen LogP contribution in [0, 0.1) is 11.8 Å². The van der Waals surface area contributed by atoms with Crippen LogP contribution in [0.25, 0.3) is 0 Å². The van der Waals surface area contributed by atoms with Gasteiger partial charge in [0, 0.05) is 0 Å². The van der Waals surface area contributed by atoms with Crippen molar-refractivity contribution in [2.24, 2.45) is 17.6 Å². The van der Waals surface area contributed by atoms with Crippen molar-refractivity contribution in [2.75, 3.05) is 6.54 Å². The first kappa shape index (κ1) is 10.9. The molecule has 1 saturated carbocycles. The number of carbonyl (C=O) groups excluding carboxylic acids is 1. The van der Waals surface area contributed by atoms with E-state index in [-0.39, 0.29) is 11.9 Å². The zero-order valence-corrected chi connectivity index (χ0v) is 9.37. The quantitative estimate of drug-likeness (QED) is 0.724. The third-order valence-corrected chi connectivity index (χ3v) is 4.10. The number of primary amides is 1. The SMILES string of the molecule is NC(=O)C1CC(C2CCCCC2)CCN1. The van der Waals surface area contributed by atoms with Gasteiger partial charge in [0.25, 0.3) is 0 Å². The second-order valence-corrected chi connectivity index (χ2v) is 5.09. The summed E-state index contributed by atoms with van der Waals surface area (Å²) in [7, 11) is 0. The second-order valence-electron chi connectivity index (χ2n) is 5.09. The highest BCUT2D eigenvalue weighted by Crippen LogP contribution is 2.35. The molecule has 0 bridgehead atoms. The van der Waals surface area contributed by atoms with Gasteiger partial charge in [-0.05, 0) is 31.2 Å². The normalized spacial score (nSPS) is 33.9. The summed E-state index contributed by atoms with van der Waals surface area (Å²) >= 11 is 0. The molecule has 0 radical (unpaired) electrons. The van der Waals surface area contributed by atoms with Gasteiger partial charge in [-0.1, -0.05) is 32.1 Å². The minimum absolute atomic E-state index is 0.0642. The number of carbonyl (C=O) groups is 1. The van der Waals surface area contributed by atoms with Crippen molar-refractivity contribution in [3.63, 3.8) is 0 Å². The molecule has 3 heteroatoms. The number of nitrogens with one attached hydrogen (secondary N) is 1. The Morgan fingerprint density at radius 1 is 1.07 bits per heavy atom. The predicted octanol–water partition coefficient (Wildman–Crippen LogP) is 1.42. The molecule has 0 aromatic rings. The molecule has 15 heavy (non-hydrogen) atoms. The number of hydrogen-bond acceptors (Lipinski definition) is 2. The molecule has 0 aromatic heterocycles. The van der Waals surface area contributed by atoms with Crippen molar-refractivity contribution in [1.29, 1.82) is 0 Å².